The molecule has 0 saturated heterocycles. The molecule has 1 N–H and O–H groups in total. The summed E-state index contributed by atoms with van der Waals surface area (Å²) in [6, 6.07) is 7.00. The number of nitrogens with zero attached hydrogens (tertiary/aromatic N) is 4. The highest BCUT2D eigenvalue weighted by Gasteiger charge is 2.23. The Kier molecular flexibility index (Phi) is 2.56. The van der Waals surface area contributed by atoms with E-state index in [4.69, 9.17) is 0 Å². The van der Waals surface area contributed by atoms with Crippen molar-refractivity contribution in [2.45, 2.75) is 26.2 Å². The summed E-state index contributed by atoms with van der Waals surface area (Å²) in [6.07, 6.45) is 0. The number of benzene rings is 1. The highest BCUT2D eigenvalue weighted by atomic mass is 32.1. The standard InChI is InChI=1S/C13H14N4OS/c1-13(2,3)11-14-15-12-17(11)16-10(19-12)8-4-6-9(18)7-5-8/h4-7,18H,1-3H3. The smallest absolute Gasteiger partial charge is 0.235 e. The lowest BCUT2D eigenvalue weighted by Crippen LogP contribution is -2.16. The van der Waals surface area contributed by atoms with Gasteiger partial charge in [-0.05, 0) is 24.3 Å². The average molecular weight is 274 g/mol. The molecule has 0 unspecified atom stereocenters. The minimum atomic E-state index is -0.0975. The zero-order valence-electron chi connectivity index (χ0n) is 11.0. The van der Waals surface area contributed by atoms with Crippen LogP contribution in [-0.2, 0) is 5.41 Å². The second-order valence-electron chi connectivity index (χ2n) is 5.42. The van der Waals surface area contributed by atoms with E-state index in [1.807, 2.05) is 12.1 Å². The Morgan fingerprint density at radius 1 is 1.11 bits per heavy atom. The van der Waals surface area contributed by atoms with Gasteiger partial charge in [0.25, 0.3) is 0 Å². The van der Waals surface area contributed by atoms with Gasteiger partial charge in [-0.25, -0.2) is 0 Å². The van der Waals surface area contributed by atoms with E-state index < -0.39 is 0 Å². The van der Waals surface area contributed by atoms with Crippen molar-refractivity contribution < 1.29 is 5.11 Å². The van der Waals surface area contributed by atoms with Crippen LogP contribution in [0.2, 0.25) is 0 Å². The van der Waals surface area contributed by atoms with Crippen molar-refractivity contribution in [2.75, 3.05) is 0 Å². The van der Waals surface area contributed by atoms with Crippen molar-refractivity contribution in [1.82, 2.24) is 19.8 Å². The first kappa shape index (κ1) is 12.1. The fraction of sp³-hybridized carbons (Fsp3) is 0.308. The maximum Gasteiger partial charge on any atom is 0.235 e. The SMILES string of the molecule is CC(C)(C)c1nnc2sc(-c3ccc(O)cc3)nn12. The lowest BCUT2D eigenvalue weighted by atomic mass is 9.96. The molecular weight excluding hydrogens is 260 g/mol. The largest absolute Gasteiger partial charge is 0.508 e. The number of phenols is 1. The highest BCUT2D eigenvalue weighted by molar-refractivity contribution is 7.19. The molecule has 2 aromatic heterocycles. The fourth-order valence-corrected chi connectivity index (χ4v) is 2.65. The molecule has 98 valence electrons. The molecular formula is C13H14N4OS. The first-order chi connectivity index (χ1) is 8.95. The van der Waals surface area contributed by atoms with Crippen LogP contribution in [0.1, 0.15) is 26.6 Å². The van der Waals surface area contributed by atoms with Crippen LogP contribution < -0.4 is 0 Å². The van der Waals surface area contributed by atoms with Gasteiger partial charge in [-0.3, -0.25) is 0 Å². The van der Waals surface area contributed by atoms with Gasteiger partial charge < -0.3 is 5.11 Å². The van der Waals surface area contributed by atoms with E-state index in [0.29, 0.717) is 0 Å². The zero-order valence-corrected chi connectivity index (χ0v) is 11.8. The molecule has 0 amide bonds. The van der Waals surface area contributed by atoms with E-state index in [1.165, 1.54) is 11.3 Å². The van der Waals surface area contributed by atoms with Crippen molar-refractivity contribution in [3.8, 4) is 16.3 Å². The zero-order chi connectivity index (χ0) is 13.6. The van der Waals surface area contributed by atoms with Crippen molar-refractivity contribution in [3.05, 3.63) is 30.1 Å². The van der Waals surface area contributed by atoms with Crippen LogP contribution in [0.25, 0.3) is 15.5 Å². The average Bonchev–Trinajstić information content (AvgIpc) is 2.87. The number of fused-ring (bicyclic) bond motifs is 1. The van der Waals surface area contributed by atoms with Crippen molar-refractivity contribution in [1.29, 1.82) is 0 Å². The van der Waals surface area contributed by atoms with E-state index in [1.54, 1.807) is 16.6 Å². The number of hydrogen-bond acceptors (Lipinski definition) is 5. The molecule has 1 aromatic carbocycles. The molecule has 0 aliphatic heterocycles. The molecule has 0 spiro atoms. The minimum Gasteiger partial charge on any atom is -0.508 e. The van der Waals surface area contributed by atoms with Gasteiger partial charge in [-0.1, -0.05) is 32.1 Å². The molecule has 3 rings (SSSR count). The van der Waals surface area contributed by atoms with E-state index in [2.05, 4.69) is 36.1 Å². The summed E-state index contributed by atoms with van der Waals surface area (Å²) < 4.78 is 1.80. The molecule has 0 aliphatic rings. The van der Waals surface area contributed by atoms with E-state index >= 15 is 0 Å². The third-order valence-corrected chi connectivity index (χ3v) is 3.72. The maximum atomic E-state index is 9.31. The lowest BCUT2D eigenvalue weighted by molar-refractivity contribution is 0.475. The van der Waals surface area contributed by atoms with Gasteiger partial charge in [0, 0.05) is 11.0 Å². The van der Waals surface area contributed by atoms with Gasteiger partial charge in [-0.2, -0.15) is 9.61 Å². The van der Waals surface area contributed by atoms with Crippen LogP contribution in [0, 0.1) is 0 Å². The highest BCUT2D eigenvalue weighted by Crippen LogP contribution is 2.29. The summed E-state index contributed by atoms with van der Waals surface area (Å²) in [7, 11) is 0. The second-order valence-corrected chi connectivity index (χ2v) is 6.38. The van der Waals surface area contributed by atoms with Crippen LogP contribution >= 0.6 is 11.3 Å². The van der Waals surface area contributed by atoms with Gasteiger partial charge in [0.05, 0.1) is 0 Å². The Labute approximate surface area is 114 Å². The van der Waals surface area contributed by atoms with Crippen molar-refractivity contribution in [3.63, 3.8) is 0 Å². The molecule has 0 aliphatic carbocycles. The van der Waals surface area contributed by atoms with Crippen molar-refractivity contribution in [2.24, 2.45) is 0 Å². The van der Waals surface area contributed by atoms with Gasteiger partial charge in [0.2, 0.25) is 4.96 Å². The van der Waals surface area contributed by atoms with Crippen LogP contribution in [0.5, 0.6) is 5.75 Å². The Bertz CT molecular complexity index is 721. The molecule has 0 saturated carbocycles. The summed E-state index contributed by atoms with van der Waals surface area (Å²) in [5.41, 5.74) is 0.868. The fourth-order valence-electron chi connectivity index (χ4n) is 1.81. The van der Waals surface area contributed by atoms with Gasteiger partial charge in [0.1, 0.15) is 10.8 Å². The number of aromatic nitrogens is 4. The predicted octanol–water partition coefficient (Wildman–Crippen LogP) is 2.86. The molecule has 0 radical (unpaired) electrons. The predicted molar refractivity (Wildman–Crippen MR) is 74.5 cm³/mol. The topological polar surface area (TPSA) is 63.3 Å². The molecule has 5 nitrogen and oxygen atoms in total. The third kappa shape index (κ3) is 2.08. The number of hydrogen-bond donors (Lipinski definition) is 1. The van der Waals surface area contributed by atoms with Gasteiger partial charge in [0.15, 0.2) is 5.82 Å². The number of phenolic OH excluding ortho intramolecular Hbond substituents is 1. The molecule has 0 bridgehead atoms. The Morgan fingerprint density at radius 3 is 2.42 bits per heavy atom. The van der Waals surface area contributed by atoms with Crippen LogP contribution in [0.15, 0.2) is 24.3 Å². The monoisotopic (exact) mass is 274 g/mol. The van der Waals surface area contributed by atoms with E-state index in [0.717, 1.165) is 21.4 Å². The molecule has 2 heterocycles. The Balaban J connectivity index is 2.12. The number of rotatable bonds is 1. The van der Waals surface area contributed by atoms with Gasteiger partial charge >= 0.3 is 0 Å². The molecule has 19 heavy (non-hydrogen) atoms. The lowest BCUT2D eigenvalue weighted by Gasteiger charge is -2.13. The van der Waals surface area contributed by atoms with Gasteiger partial charge in [-0.15, -0.1) is 10.2 Å². The summed E-state index contributed by atoms with van der Waals surface area (Å²) in [6.45, 7) is 6.26. The number of aromatic hydroxyl groups is 1. The van der Waals surface area contributed by atoms with Crippen LogP contribution in [-0.4, -0.2) is 24.9 Å². The minimum absolute atomic E-state index is 0.0975. The van der Waals surface area contributed by atoms with Crippen molar-refractivity contribution >= 4 is 16.3 Å². The first-order valence-corrected chi connectivity index (χ1v) is 6.79. The molecule has 3 aromatic rings. The summed E-state index contributed by atoms with van der Waals surface area (Å²) in [5.74, 6) is 1.10. The van der Waals surface area contributed by atoms with Crippen LogP contribution in [0.3, 0.4) is 0 Å². The van der Waals surface area contributed by atoms with Crippen LogP contribution in [0.4, 0.5) is 0 Å². The molecule has 0 fully saturated rings. The summed E-state index contributed by atoms with van der Waals surface area (Å²) in [5, 5.41) is 23.1. The maximum absolute atomic E-state index is 9.31. The third-order valence-electron chi connectivity index (χ3n) is 2.78. The normalized spacial score (nSPS) is 12.2. The van der Waals surface area contributed by atoms with E-state index in [-0.39, 0.29) is 11.2 Å². The quantitative estimate of drug-likeness (QED) is 0.741. The first-order valence-electron chi connectivity index (χ1n) is 5.97. The second kappa shape index (κ2) is 4.03. The summed E-state index contributed by atoms with van der Waals surface area (Å²) in [4.78, 5) is 0.785. The Hall–Kier alpha value is -1.95. The molecule has 0 atom stereocenters. The summed E-state index contributed by atoms with van der Waals surface area (Å²) >= 11 is 1.49. The van der Waals surface area contributed by atoms with E-state index in [9.17, 15) is 5.11 Å². The molecule has 6 heteroatoms. The Morgan fingerprint density at radius 2 is 1.79 bits per heavy atom.